The van der Waals surface area contributed by atoms with E-state index in [4.69, 9.17) is 10.9 Å². The van der Waals surface area contributed by atoms with Crippen LogP contribution in [0.2, 0.25) is 0 Å². The Kier molecular flexibility index (Phi) is 4.47. The lowest BCUT2D eigenvalue weighted by Gasteiger charge is -2.22. The summed E-state index contributed by atoms with van der Waals surface area (Å²) < 4.78 is 0. The smallest absolute Gasteiger partial charge is 0.174 e. The van der Waals surface area contributed by atoms with E-state index in [-0.39, 0.29) is 5.84 Å². The molecule has 0 saturated carbocycles. The Bertz CT molecular complexity index is 513. The fraction of sp³-hybridized carbons (Fsp3) is 0.600. The molecule has 0 bridgehead atoms. The average molecular weight is 276 g/mol. The molecule has 1 atom stereocenters. The van der Waals surface area contributed by atoms with Crippen molar-refractivity contribution in [3.05, 3.63) is 22.9 Å². The first-order valence-corrected chi connectivity index (χ1v) is 7.27. The van der Waals surface area contributed by atoms with Gasteiger partial charge in [0.25, 0.3) is 0 Å². The highest BCUT2D eigenvalue weighted by atomic mass is 16.4. The molecule has 0 spiro atoms. The highest BCUT2D eigenvalue weighted by Crippen LogP contribution is 2.29. The monoisotopic (exact) mass is 276 g/mol. The standard InChI is InChI=1S/C15H24N4O/c1-4-5-12-6-7-19(9-12)15-13(14(16)18-20)10(2)8-11(3)17-15/h8,12,20H,4-7,9H2,1-3H3,(H2,16,18). The number of amidine groups is 1. The van der Waals surface area contributed by atoms with Gasteiger partial charge in [-0.2, -0.15) is 0 Å². The third-order valence-corrected chi connectivity index (χ3v) is 3.97. The zero-order valence-electron chi connectivity index (χ0n) is 12.6. The van der Waals surface area contributed by atoms with Gasteiger partial charge in [-0.1, -0.05) is 18.5 Å². The van der Waals surface area contributed by atoms with Gasteiger partial charge in [-0.3, -0.25) is 0 Å². The molecule has 3 N–H and O–H groups in total. The van der Waals surface area contributed by atoms with E-state index in [1.807, 2.05) is 19.9 Å². The summed E-state index contributed by atoms with van der Waals surface area (Å²) >= 11 is 0. The molecule has 1 saturated heterocycles. The Morgan fingerprint density at radius 2 is 2.30 bits per heavy atom. The van der Waals surface area contributed by atoms with Crippen LogP contribution in [0.15, 0.2) is 11.2 Å². The zero-order valence-corrected chi connectivity index (χ0v) is 12.6. The normalized spacial score (nSPS) is 19.6. The zero-order chi connectivity index (χ0) is 14.7. The molecule has 0 aliphatic carbocycles. The minimum Gasteiger partial charge on any atom is -0.409 e. The van der Waals surface area contributed by atoms with Gasteiger partial charge < -0.3 is 15.8 Å². The van der Waals surface area contributed by atoms with Crippen molar-refractivity contribution in [1.82, 2.24) is 4.98 Å². The van der Waals surface area contributed by atoms with Gasteiger partial charge >= 0.3 is 0 Å². The third kappa shape index (κ3) is 2.86. The van der Waals surface area contributed by atoms with Crippen LogP contribution in [0.3, 0.4) is 0 Å². The molecule has 1 aliphatic rings. The van der Waals surface area contributed by atoms with Crippen molar-refractivity contribution < 1.29 is 5.21 Å². The summed E-state index contributed by atoms with van der Waals surface area (Å²) in [4.78, 5) is 6.91. The first-order chi connectivity index (χ1) is 9.56. The highest BCUT2D eigenvalue weighted by molar-refractivity contribution is 6.02. The van der Waals surface area contributed by atoms with Gasteiger partial charge in [-0.15, -0.1) is 0 Å². The molecule has 1 unspecified atom stereocenters. The fourth-order valence-electron chi connectivity index (χ4n) is 3.08. The molecular formula is C15H24N4O. The number of rotatable bonds is 4. The quantitative estimate of drug-likeness (QED) is 0.383. The maximum absolute atomic E-state index is 9.00. The summed E-state index contributed by atoms with van der Waals surface area (Å²) in [7, 11) is 0. The summed E-state index contributed by atoms with van der Waals surface area (Å²) in [6, 6.07) is 1.97. The van der Waals surface area contributed by atoms with Gasteiger partial charge in [-0.05, 0) is 44.2 Å². The molecule has 5 nitrogen and oxygen atoms in total. The van der Waals surface area contributed by atoms with Crippen LogP contribution in [0, 0.1) is 19.8 Å². The Hall–Kier alpha value is -1.78. The van der Waals surface area contributed by atoms with Crippen molar-refractivity contribution in [2.24, 2.45) is 16.8 Å². The molecule has 110 valence electrons. The molecule has 2 heterocycles. The van der Waals surface area contributed by atoms with Crippen LogP contribution < -0.4 is 10.6 Å². The van der Waals surface area contributed by atoms with E-state index >= 15 is 0 Å². The number of nitrogens with two attached hydrogens (primary N) is 1. The lowest BCUT2D eigenvalue weighted by Crippen LogP contribution is -2.27. The molecule has 20 heavy (non-hydrogen) atoms. The Labute approximate surface area is 120 Å². The summed E-state index contributed by atoms with van der Waals surface area (Å²) in [6.07, 6.45) is 3.66. The lowest BCUT2D eigenvalue weighted by atomic mass is 10.0. The van der Waals surface area contributed by atoms with E-state index in [0.717, 1.165) is 41.6 Å². The number of aromatic nitrogens is 1. The van der Waals surface area contributed by atoms with Gasteiger partial charge in [0.2, 0.25) is 0 Å². The van der Waals surface area contributed by atoms with Crippen molar-refractivity contribution in [2.45, 2.75) is 40.0 Å². The van der Waals surface area contributed by atoms with E-state index in [0.29, 0.717) is 0 Å². The van der Waals surface area contributed by atoms with Crippen LogP contribution in [-0.2, 0) is 0 Å². The molecule has 5 heteroatoms. The molecule has 0 amide bonds. The average Bonchev–Trinajstić information content (AvgIpc) is 2.86. The number of anilines is 1. The first-order valence-electron chi connectivity index (χ1n) is 7.27. The summed E-state index contributed by atoms with van der Waals surface area (Å²) in [5, 5.41) is 12.2. The van der Waals surface area contributed by atoms with E-state index in [1.54, 1.807) is 0 Å². The number of hydrogen-bond acceptors (Lipinski definition) is 4. The molecule has 1 aromatic heterocycles. The van der Waals surface area contributed by atoms with E-state index < -0.39 is 0 Å². The van der Waals surface area contributed by atoms with Crippen molar-refractivity contribution in [3.8, 4) is 0 Å². The van der Waals surface area contributed by atoms with Crippen molar-refractivity contribution in [1.29, 1.82) is 0 Å². The molecular weight excluding hydrogens is 252 g/mol. The van der Waals surface area contributed by atoms with Gasteiger partial charge in [0.1, 0.15) is 5.82 Å². The second-order valence-electron chi connectivity index (χ2n) is 5.65. The van der Waals surface area contributed by atoms with Crippen LogP contribution in [0.4, 0.5) is 5.82 Å². The number of hydrogen-bond donors (Lipinski definition) is 2. The van der Waals surface area contributed by atoms with E-state index in [2.05, 4.69) is 22.0 Å². The summed E-state index contributed by atoms with van der Waals surface area (Å²) in [5.74, 6) is 1.73. The summed E-state index contributed by atoms with van der Waals surface area (Å²) in [5.41, 5.74) is 8.57. The third-order valence-electron chi connectivity index (χ3n) is 3.97. The van der Waals surface area contributed by atoms with E-state index in [9.17, 15) is 0 Å². The minimum absolute atomic E-state index is 0.143. The SMILES string of the molecule is CCCC1CCN(c2nc(C)cc(C)c2/C(N)=N/O)C1. The van der Waals surface area contributed by atoms with Crippen LogP contribution in [0.1, 0.15) is 43.0 Å². The van der Waals surface area contributed by atoms with E-state index in [1.165, 1.54) is 19.3 Å². The maximum Gasteiger partial charge on any atom is 0.174 e. The van der Waals surface area contributed by atoms with Gasteiger partial charge in [0.15, 0.2) is 5.84 Å². The largest absolute Gasteiger partial charge is 0.409 e. The predicted octanol–water partition coefficient (Wildman–Crippen LogP) is 2.42. The van der Waals surface area contributed by atoms with Crippen LogP contribution in [0.5, 0.6) is 0 Å². The number of nitrogens with zero attached hydrogens (tertiary/aromatic N) is 3. The second-order valence-corrected chi connectivity index (χ2v) is 5.65. The topological polar surface area (TPSA) is 74.7 Å². The molecule has 1 aromatic rings. The highest BCUT2D eigenvalue weighted by Gasteiger charge is 2.26. The van der Waals surface area contributed by atoms with Crippen LogP contribution >= 0.6 is 0 Å². The van der Waals surface area contributed by atoms with Gasteiger partial charge in [-0.25, -0.2) is 4.98 Å². The predicted molar refractivity (Wildman–Crippen MR) is 81.4 cm³/mol. The molecule has 2 rings (SSSR count). The number of pyridine rings is 1. The second kappa shape index (κ2) is 6.11. The molecule has 0 radical (unpaired) electrons. The maximum atomic E-state index is 9.00. The Morgan fingerprint density at radius 3 is 2.95 bits per heavy atom. The molecule has 1 aliphatic heterocycles. The number of oxime groups is 1. The minimum atomic E-state index is 0.143. The Balaban J connectivity index is 2.36. The van der Waals surface area contributed by atoms with Crippen LogP contribution in [0.25, 0.3) is 0 Å². The first kappa shape index (κ1) is 14.6. The molecule has 0 aromatic carbocycles. The molecule has 1 fully saturated rings. The van der Waals surface area contributed by atoms with Crippen molar-refractivity contribution >= 4 is 11.7 Å². The summed E-state index contributed by atoms with van der Waals surface area (Å²) in [6.45, 7) is 8.18. The van der Waals surface area contributed by atoms with Gasteiger partial charge in [0.05, 0.1) is 5.56 Å². The van der Waals surface area contributed by atoms with Gasteiger partial charge in [0, 0.05) is 18.8 Å². The van der Waals surface area contributed by atoms with Crippen molar-refractivity contribution in [2.75, 3.05) is 18.0 Å². The Morgan fingerprint density at radius 1 is 1.55 bits per heavy atom. The fourth-order valence-corrected chi connectivity index (χ4v) is 3.08. The van der Waals surface area contributed by atoms with Crippen molar-refractivity contribution in [3.63, 3.8) is 0 Å². The number of aryl methyl sites for hydroxylation is 2. The lowest BCUT2D eigenvalue weighted by molar-refractivity contribution is 0.318. The van der Waals surface area contributed by atoms with Crippen LogP contribution in [-0.4, -0.2) is 29.1 Å².